The molecule has 0 bridgehead atoms. The van der Waals surface area contributed by atoms with Crippen LogP contribution < -0.4 is 5.32 Å². The highest BCUT2D eigenvalue weighted by Gasteiger charge is 2.33. The van der Waals surface area contributed by atoms with Crippen LogP contribution in [-0.4, -0.2) is 6.54 Å². The van der Waals surface area contributed by atoms with E-state index in [1.54, 1.807) is 0 Å². The Morgan fingerprint density at radius 2 is 1.88 bits per heavy atom. The molecule has 0 aromatic heterocycles. The maximum Gasteiger partial charge on any atom is 0.0435 e. The highest BCUT2D eigenvalue weighted by Crippen LogP contribution is 2.35. The molecular formula is C16H25N. The summed E-state index contributed by atoms with van der Waals surface area (Å²) < 4.78 is 0. The summed E-state index contributed by atoms with van der Waals surface area (Å²) in [5, 5.41) is 3.74. The Labute approximate surface area is 106 Å². The summed E-state index contributed by atoms with van der Waals surface area (Å²) in [7, 11) is 0. The van der Waals surface area contributed by atoms with E-state index in [4.69, 9.17) is 0 Å². The van der Waals surface area contributed by atoms with Gasteiger partial charge in [0.1, 0.15) is 0 Å². The molecule has 1 aliphatic heterocycles. The van der Waals surface area contributed by atoms with Crippen LogP contribution in [0.2, 0.25) is 0 Å². The molecule has 0 radical (unpaired) electrons. The molecule has 1 heteroatoms. The second-order valence-electron chi connectivity index (χ2n) is 5.31. The van der Waals surface area contributed by atoms with E-state index in [1.807, 2.05) is 0 Å². The molecule has 1 unspecified atom stereocenters. The number of nitrogens with one attached hydrogen (secondary N) is 1. The van der Waals surface area contributed by atoms with Crippen LogP contribution in [0.1, 0.15) is 57.1 Å². The van der Waals surface area contributed by atoms with Crippen LogP contribution in [0.3, 0.4) is 0 Å². The van der Waals surface area contributed by atoms with Crippen molar-refractivity contribution in [3.05, 3.63) is 35.4 Å². The number of rotatable bonds is 5. The van der Waals surface area contributed by atoms with Gasteiger partial charge in [-0.25, -0.2) is 0 Å². The zero-order valence-corrected chi connectivity index (χ0v) is 11.3. The molecule has 1 aromatic rings. The lowest BCUT2D eigenvalue weighted by atomic mass is 9.84. The summed E-state index contributed by atoms with van der Waals surface area (Å²) in [5.41, 5.74) is 3.25. The zero-order valence-electron chi connectivity index (χ0n) is 11.3. The van der Waals surface area contributed by atoms with Crippen LogP contribution >= 0.6 is 0 Å². The third-order valence-electron chi connectivity index (χ3n) is 3.97. The Hall–Kier alpha value is -0.820. The van der Waals surface area contributed by atoms with E-state index in [-0.39, 0.29) is 5.54 Å². The van der Waals surface area contributed by atoms with Crippen molar-refractivity contribution in [2.24, 2.45) is 0 Å². The number of hydrogen-bond donors (Lipinski definition) is 1. The molecule has 0 aliphatic carbocycles. The Bertz CT molecular complexity index is 333. The van der Waals surface area contributed by atoms with Crippen molar-refractivity contribution in [1.29, 1.82) is 0 Å². The normalized spacial score (nSPS) is 24.1. The first-order chi connectivity index (χ1) is 8.30. The standard InChI is InChI=1S/C16H25N/c1-3-6-14-7-9-15(10-8-14)16(11-4-2)12-5-13-17-16/h7-10,17H,3-6,11-13H2,1-2H3. The van der Waals surface area contributed by atoms with E-state index in [0.717, 1.165) is 0 Å². The van der Waals surface area contributed by atoms with E-state index in [2.05, 4.69) is 43.4 Å². The van der Waals surface area contributed by atoms with Gasteiger partial charge in [-0.15, -0.1) is 0 Å². The van der Waals surface area contributed by atoms with E-state index in [9.17, 15) is 0 Å². The third kappa shape index (κ3) is 2.71. The first-order valence-electron chi connectivity index (χ1n) is 7.15. The van der Waals surface area contributed by atoms with Crippen LogP contribution in [0.25, 0.3) is 0 Å². The first-order valence-corrected chi connectivity index (χ1v) is 7.15. The molecule has 0 amide bonds. The summed E-state index contributed by atoms with van der Waals surface area (Å²) in [6.07, 6.45) is 7.57. The van der Waals surface area contributed by atoms with Gasteiger partial charge >= 0.3 is 0 Å². The van der Waals surface area contributed by atoms with Gasteiger partial charge in [-0.3, -0.25) is 0 Å². The predicted octanol–water partition coefficient (Wildman–Crippen LogP) is 4.02. The van der Waals surface area contributed by atoms with Gasteiger partial charge in [0.15, 0.2) is 0 Å². The summed E-state index contributed by atoms with van der Waals surface area (Å²) in [6.45, 7) is 5.70. The molecule has 0 saturated carbocycles. The van der Waals surface area contributed by atoms with Gasteiger partial charge in [-0.05, 0) is 43.4 Å². The summed E-state index contributed by atoms with van der Waals surface area (Å²) in [5.74, 6) is 0. The summed E-state index contributed by atoms with van der Waals surface area (Å²) in [6, 6.07) is 9.32. The predicted molar refractivity (Wildman–Crippen MR) is 74.3 cm³/mol. The van der Waals surface area contributed by atoms with Crippen molar-refractivity contribution in [2.75, 3.05) is 6.54 Å². The van der Waals surface area contributed by atoms with Gasteiger partial charge in [-0.1, -0.05) is 51.0 Å². The second-order valence-corrected chi connectivity index (χ2v) is 5.31. The van der Waals surface area contributed by atoms with E-state index in [0.29, 0.717) is 0 Å². The zero-order chi connectivity index (χ0) is 12.1. The lowest BCUT2D eigenvalue weighted by molar-refractivity contribution is 0.356. The smallest absolute Gasteiger partial charge is 0.0435 e. The van der Waals surface area contributed by atoms with Crippen molar-refractivity contribution >= 4 is 0 Å². The molecule has 1 saturated heterocycles. The van der Waals surface area contributed by atoms with Crippen molar-refractivity contribution in [3.8, 4) is 0 Å². The minimum atomic E-state index is 0.277. The largest absolute Gasteiger partial charge is 0.307 e. The highest BCUT2D eigenvalue weighted by atomic mass is 15.0. The number of benzene rings is 1. The monoisotopic (exact) mass is 231 g/mol. The van der Waals surface area contributed by atoms with Crippen LogP contribution in [-0.2, 0) is 12.0 Å². The Balaban J connectivity index is 2.18. The molecule has 1 N–H and O–H groups in total. The van der Waals surface area contributed by atoms with E-state index in [1.165, 1.54) is 56.2 Å². The molecule has 1 atom stereocenters. The van der Waals surface area contributed by atoms with Gasteiger partial charge in [-0.2, -0.15) is 0 Å². The van der Waals surface area contributed by atoms with Crippen molar-refractivity contribution in [3.63, 3.8) is 0 Å². The lowest BCUT2D eigenvalue weighted by Gasteiger charge is -2.30. The van der Waals surface area contributed by atoms with Gasteiger partial charge in [0.05, 0.1) is 0 Å². The molecule has 1 aliphatic rings. The fourth-order valence-corrected chi connectivity index (χ4v) is 3.12. The quantitative estimate of drug-likeness (QED) is 0.807. The van der Waals surface area contributed by atoms with Crippen LogP contribution in [0.4, 0.5) is 0 Å². The molecule has 2 rings (SSSR count). The molecule has 1 aromatic carbocycles. The van der Waals surface area contributed by atoms with E-state index < -0.39 is 0 Å². The maximum atomic E-state index is 3.74. The summed E-state index contributed by atoms with van der Waals surface area (Å²) >= 11 is 0. The van der Waals surface area contributed by atoms with Crippen molar-refractivity contribution < 1.29 is 0 Å². The lowest BCUT2D eigenvalue weighted by Crippen LogP contribution is -2.36. The highest BCUT2D eigenvalue weighted by molar-refractivity contribution is 5.29. The Morgan fingerprint density at radius 3 is 2.41 bits per heavy atom. The van der Waals surface area contributed by atoms with Gasteiger partial charge < -0.3 is 5.32 Å². The second kappa shape index (κ2) is 5.68. The minimum Gasteiger partial charge on any atom is -0.307 e. The number of hydrogen-bond acceptors (Lipinski definition) is 1. The fourth-order valence-electron chi connectivity index (χ4n) is 3.12. The molecule has 0 spiro atoms. The fraction of sp³-hybridized carbons (Fsp3) is 0.625. The van der Waals surface area contributed by atoms with Gasteiger partial charge in [0.2, 0.25) is 0 Å². The molecule has 1 heterocycles. The average molecular weight is 231 g/mol. The average Bonchev–Trinajstić information content (AvgIpc) is 2.81. The topological polar surface area (TPSA) is 12.0 Å². The first kappa shape index (κ1) is 12.6. The molecule has 1 fully saturated rings. The van der Waals surface area contributed by atoms with E-state index >= 15 is 0 Å². The molecular weight excluding hydrogens is 206 g/mol. The molecule has 94 valence electrons. The van der Waals surface area contributed by atoms with Crippen molar-refractivity contribution in [1.82, 2.24) is 5.32 Å². The summed E-state index contributed by atoms with van der Waals surface area (Å²) in [4.78, 5) is 0. The number of aryl methyl sites for hydroxylation is 1. The van der Waals surface area contributed by atoms with Gasteiger partial charge in [0, 0.05) is 5.54 Å². The van der Waals surface area contributed by atoms with Crippen LogP contribution in [0.15, 0.2) is 24.3 Å². The van der Waals surface area contributed by atoms with Crippen molar-refractivity contribution in [2.45, 2.75) is 57.9 Å². The SMILES string of the molecule is CCCc1ccc(C2(CCC)CCCN2)cc1. The Kier molecular flexibility index (Phi) is 4.22. The molecule has 1 nitrogen and oxygen atoms in total. The third-order valence-corrected chi connectivity index (χ3v) is 3.97. The Morgan fingerprint density at radius 1 is 1.12 bits per heavy atom. The van der Waals surface area contributed by atoms with Crippen LogP contribution in [0, 0.1) is 0 Å². The van der Waals surface area contributed by atoms with Gasteiger partial charge in [0.25, 0.3) is 0 Å². The maximum absolute atomic E-state index is 3.74. The minimum absolute atomic E-state index is 0.277. The molecule has 17 heavy (non-hydrogen) atoms. The van der Waals surface area contributed by atoms with Crippen LogP contribution in [0.5, 0.6) is 0 Å².